The van der Waals surface area contributed by atoms with Crippen LogP contribution >= 0.6 is 0 Å². The lowest BCUT2D eigenvalue weighted by Gasteiger charge is -2.29. The Morgan fingerprint density at radius 1 is 1.07 bits per heavy atom. The number of hydrogen-bond acceptors (Lipinski definition) is 3. The fraction of sp³-hybridized carbons (Fsp3) is 0.500. The molecule has 2 heterocycles. The third-order valence-electron chi connectivity index (χ3n) is 3.06. The van der Waals surface area contributed by atoms with E-state index in [0.717, 1.165) is 45.1 Å². The van der Waals surface area contributed by atoms with Gasteiger partial charge in [-0.15, -0.1) is 0 Å². The van der Waals surface area contributed by atoms with Crippen molar-refractivity contribution in [2.24, 2.45) is 0 Å². The van der Waals surface area contributed by atoms with Gasteiger partial charge in [-0.3, -0.25) is 0 Å². The van der Waals surface area contributed by atoms with E-state index in [4.69, 9.17) is 9.47 Å². The monoisotopic (exact) mass is 205 g/mol. The zero-order valence-corrected chi connectivity index (χ0v) is 8.74. The number of rotatable bonds is 1. The van der Waals surface area contributed by atoms with Crippen LogP contribution in [0.25, 0.3) is 0 Å². The topological polar surface area (TPSA) is 21.7 Å². The Labute approximate surface area is 89.6 Å². The normalized spacial score (nSPS) is 19.9. The molecule has 80 valence electrons. The zero-order chi connectivity index (χ0) is 10.1. The molecule has 3 nitrogen and oxygen atoms in total. The average Bonchev–Trinajstić information content (AvgIpc) is 2.77. The molecule has 0 radical (unpaired) electrons. The fourth-order valence-corrected chi connectivity index (χ4v) is 2.17. The van der Waals surface area contributed by atoms with Gasteiger partial charge in [0.25, 0.3) is 0 Å². The molecule has 2 aliphatic rings. The van der Waals surface area contributed by atoms with Gasteiger partial charge in [0.1, 0.15) is 5.75 Å². The summed E-state index contributed by atoms with van der Waals surface area (Å²) in [6, 6.07) is 6.54. The van der Waals surface area contributed by atoms with Crippen molar-refractivity contribution in [2.45, 2.75) is 6.42 Å². The lowest BCUT2D eigenvalue weighted by Crippen LogP contribution is -2.36. The Bertz CT molecular complexity index is 359. The predicted octanol–water partition coefficient (Wildman–Crippen LogP) is 1.46. The van der Waals surface area contributed by atoms with Crippen LogP contribution in [0.5, 0.6) is 5.75 Å². The quantitative estimate of drug-likeness (QED) is 0.692. The molecule has 0 spiro atoms. The Morgan fingerprint density at radius 2 is 1.93 bits per heavy atom. The second-order valence-corrected chi connectivity index (χ2v) is 3.99. The summed E-state index contributed by atoms with van der Waals surface area (Å²) in [5, 5.41) is 0. The molecule has 0 atom stereocenters. The summed E-state index contributed by atoms with van der Waals surface area (Å²) in [5.74, 6) is 1.07. The molecule has 15 heavy (non-hydrogen) atoms. The van der Waals surface area contributed by atoms with Crippen LogP contribution in [0.3, 0.4) is 0 Å². The highest BCUT2D eigenvalue weighted by Gasteiger charge is 2.16. The SMILES string of the molecule is c1cc2c(cc1N1CCOCC1)OCC2. The van der Waals surface area contributed by atoms with Crippen LogP contribution in [0, 0.1) is 0 Å². The highest BCUT2D eigenvalue weighted by molar-refractivity contribution is 5.55. The maximum absolute atomic E-state index is 5.57. The van der Waals surface area contributed by atoms with Crippen molar-refractivity contribution < 1.29 is 9.47 Å². The van der Waals surface area contributed by atoms with Crippen molar-refractivity contribution in [1.82, 2.24) is 0 Å². The van der Waals surface area contributed by atoms with E-state index < -0.39 is 0 Å². The van der Waals surface area contributed by atoms with E-state index in [9.17, 15) is 0 Å². The summed E-state index contributed by atoms with van der Waals surface area (Å²) >= 11 is 0. The van der Waals surface area contributed by atoms with Crippen molar-refractivity contribution in [1.29, 1.82) is 0 Å². The van der Waals surface area contributed by atoms with Crippen LogP contribution in [0.2, 0.25) is 0 Å². The molecule has 0 N–H and O–H groups in total. The maximum atomic E-state index is 5.57. The zero-order valence-electron chi connectivity index (χ0n) is 8.74. The van der Waals surface area contributed by atoms with Gasteiger partial charge in [-0.1, -0.05) is 6.07 Å². The molecule has 0 amide bonds. The molecular weight excluding hydrogens is 190 g/mol. The van der Waals surface area contributed by atoms with Crippen LogP contribution in [-0.4, -0.2) is 32.9 Å². The third-order valence-corrected chi connectivity index (χ3v) is 3.06. The summed E-state index contributed by atoms with van der Waals surface area (Å²) in [5.41, 5.74) is 2.60. The van der Waals surface area contributed by atoms with Crippen LogP contribution in [-0.2, 0) is 11.2 Å². The molecule has 0 aromatic heterocycles. The highest BCUT2D eigenvalue weighted by Crippen LogP contribution is 2.30. The number of morpholine rings is 1. The summed E-state index contributed by atoms with van der Waals surface area (Å²) in [4.78, 5) is 2.35. The van der Waals surface area contributed by atoms with Crippen LogP contribution < -0.4 is 9.64 Å². The molecule has 0 bridgehead atoms. The largest absolute Gasteiger partial charge is 0.493 e. The number of ether oxygens (including phenoxy) is 2. The standard InChI is InChI=1S/C12H15NO2/c1-2-11(13-4-7-14-8-5-13)9-12-10(1)3-6-15-12/h1-2,9H,3-8H2. The van der Waals surface area contributed by atoms with Crippen molar-refractivity contribution in [3.63, 3.8) is 0 Å². The van der Waals surface area contributed by atoms with E-state index in [1.165, 1.54) is 11.3 Å². The van der Waals surface area contributed by atoms with E-state index in [0.29, 0.717) is 0 Å². The summed E-state index contributed by atoms with van der Waals surface area (Å²) in [7, 11) is 0. The molecule has 1 aromatic carbocycles. The number of anilines is 1. The minimum Gasteiger partial charge on any atom is -0.493 e. The molecule has 2 aliphatic heterocycles. The molecule has 0 unspecified atom stereocenters. The van der Waals surface area contributed by atoms with Gasteiger partial charge in [-0.2, -0.15) is 0 Å². The molecule has 3 rings (SSSR count). The minimum absolute atomic E-state index is 0.831. The molecular formula is C12H15NO2. The number of hydrogen-bond donors (Lipinski definition) is 0. The first-order valence-corrected chi connectivity index (χ1v) is 5.52. The predicted molar refractivity (Wildman–Crippen MR) is 58.7 cm³/mol. The molecule has 1 fully saturated rings. The van der Waals surface area contributed by atoms with Crippen molar-refractivity contribution in [2.75, 3.05) is 37.8 Å². The van der Waals surface area contributed by atoms with E-state index >= 15 is 0 Å². The van der Waals surface area contributed by atoms with Gasteiger partial charge in [-0.25, -0.2) is 0 Å². The number of nitrogens with zero attached hydrogens (tertiary/aromatic N) is 1. The molecule has 1 aromatic rings. The first-order valence-electron chi connectivity index (χ1n) is 5.52. The van der Waals surface area contributed by atoms with Crippen molar-refractivity contribution >= 4 is 5.69 Å². The summed E-state index contributed by atoms with van der Waals surface area (Å²) in [6.45, 7) is 4.47. The summed E-state index contributed by atoms with van der Waals surface area (Å²) < 4.78 is 10.9. The highest BCUT2D eigenvalue weighted by atomic mass is 16.5. The third kappa shape index (κ3) is 1.67. The Morgan fingerprint density at radius 3 is 2.80 bits per heavy atom. The second-order valence-electron chi connectivity index (χ2n) is 3.99. The van der Waals surface area contributed by atoms with Gasteiger partial charge in [0.2, 0.25) is 0 Å². The number of fused-ring (bicyclic) bond motifs is 1. The van der Waals surface area contributed by atoms with E-state index in [1.807, 2.05) is 0 Å². The maximum Gasteiger partial charge on any atom is 0.124 e. The van der Waals surface area contributed by atoms with Gasteiger partial charge >= 0.3 is 0 Å². The average molecular weight is 205 g/mol. The van der Waals surface area contributed by atoms with E-state index in [2.05, 4.69) is 23.1 Å². The van der Waals surface area contributed by atoms with Gasteiger partial charge in [-0.05, 0) is 11.6 Å². The Kier molecular flexibility index (Phi) is 2.25. The number of benzene rings is 1. The summed E-state index contributed by atoms with van der Waals surface area (Å²) in [6.07, 6.45) is 1.05. The lowest BCUT2D eigenvalue weighted by atomic mass is 10.1. The van der Waals surface area contributed by atoms with Crippen LogP contribution in [0.4, 0.5) is 5.69 Å². The van der Waals surface area contributed by atoms with E-state index in [1.54, 1.807) is 0 Å². The van der Waals surface area contributed by atoms with Gasteiger partial charge in [0, 0.05) is 31.3 Å². The van der Waals surface area contributed by atoms with Gasteiger partial charge < -0.3 is 14.4 Å². The Hall–Kier alpha value is -1.22. The first kappa shape index (κ1) is 9.04. The van der Waals surface area contributed by atoms with E-state index in [-0.39, 0.29) is 0 Å². The van der Waals surface area contributed by atoms with Crippen molar-refractivity contribution in [3.8, 4) is 5.75 Å². The Balaban J connectivity index is 1.85. The lowest BCUT2D eigenvalue weighted by molar-refractivity contribution is 0.122. The first-order chi connectivity index (χ1) is 7.43. The van der Waals surface area contributed by atoms with Crippen LogP contribution in [0.15, 0.2) is 18.2 Å². The molecule has 0 saturated carbocycles. The fourth-order valence-electron chi connectivity index (χ4n) is 2.17. The second kappa shape index (κ2) is 3.74. The van der Waals surface area contributed by atoms with Gasteiger partial charge in [0.05, 0.1) is 19.8 Å². The minimum atomic E-state index is 0.831. The smallest absolute Gasteiger partial charge is 0.124 e. The van der Waals surface area contributed by atoms with Crippen molar-refractivity contribution in [3.05, 3.63) is 23.8 Å². The molecule has 3 heteroatoms. The molecule has 0 aliphatic carbocycles. The van der Waals surface area contributed by atoms with Gasteiger partial charge in [0.15, 0.2) is 0 Å². The molecule has 1 saturated heterocycles. The van der Waals surface area contributed by atoms with Crippen LogP contribution in [0.1, 0.15) is 5.56 Å².